The van der Waals surface area contributed by atoms with E-state index in [-0.39, 0.29) is 0 Å². The Balaban J connectivity index is 1.99. The topological polar surface area (TPSA) is 47.3 Å². The van der Waals surface area contributed by atoms with Crippen LogP contribution in [0.2, 0.25) is 0 Å². The summed E-state index contributed by atoms with van der Waals surface area (Å²) in [7, 11) is 1.73. The van der Waals surface area contributed by atoms with Gasteiger partial charge in [0.25, 0.3) is 0 Å². The molecule has 3 N–H and O–H groups in total. The molecule has 3 heteroatoms. The monoisotopic (exact) mass is 262 g/mol. The fourth-order valence-electron chi connectivity index (χ4n) is 2.39. The molecule has 0 unspecified atom stereocenters. The summed E-state index contributed by atoms with van der Waals surface area (Å²) in [4.78, 5) is 0. The molecule has 1 aromatic carbocycles. The minimum atomic E-state index is 0.378. The van der Waals surface area contributed by atoms with E-state index in [4.69, 9.17) is 10.5 Å². The molecule has 0 radical (unpaired) electrons. The van der Waals surface area contributed by atoms with E-state index in [0.717, 1.165) is 25.4 Å². The molecule has 1 fully saturated rings. The van der Waals surface area contributed by atoms with E-state index >= 15 is 0 Å². The molecule has 0 bridgehead atoms. The first-order valence-corrected chi connectivity index (χ1v) is 7.18. The second-order valence-electron chi connectivity index (χ2n) is 6.03. The first-order chi connectivity index (χ1) is 9.10. The highest BCUT2D eigenvalue weighted by molar-refractivity contribution is 5.38. The normalized spacial score (nSPS) is 16.7. The van der Waals surface area contributed by atoms with Crippen LogP contribution in [0.3, 0.4) is 0 Å². The summed E-state index contributed by atoms with van der Waals surface area (Å²) < 4.78 is 5.44. The van der Waals surface area contributed by atoms with Crippen molar-refractivity contribution in [2.75, 3.05) is 20.2 Å². The van der Waals surface area contributed by atoms with E-state index in [1.807, 2.05) is 0 Å². The van der Waals surface area contributed by atoms with Crippen LogP contribution in [0.1, 0.15) is 43.7 Å². The Hall–Kier alpha value is -1.06. The van der Waals surface area contributed by atoms with Gasteiger partial charge >= 0.3 is 0 Å². The highest BCUT2D eigenvalue weighted by atomic mass is 16.5. The van der Waals surface area contributed by atoms with Crippen molar-refractivity contribution in [2.45, 2.75) is 39.2 Å². The van der Waals surface area contributed by atoms with Crippen LogP contribution < -0.4 is 15.8 Å². The zero-order valence-electron chi connectivity index (χ0n) is 12.3. The van der Waals surface area contributed by atoms with Crippen molar-refractivity contribution in [1.82, 2.24) is 5.32 Å². The van der Waals surface area contributed by atoms with Gasteiger partial charge in [-0.05, 0) is 42.3 Å². The fourth-order valence-corrected chi connectivity index (χ4v) is 2.39. The Morgan fingerprint density at radius 3 is 2.63 bits per heavy atom. The predicted octanol–water partition coefficient (Wildman–Crippen LogP) is 2.65. The molecule has 0 aliphatic heterocycles. The number of methoxy groups -OCH3 is 1. The fraction of sp³-hybridized carbons (Fsp3) is 0.625. The maximum absolute atomic E-state index is 5.80. The van der Waals surface area contributed by atoms with Crippen LogP contribution in [0.25, 0.3) is 0 Å². The summed E-state index contributed by atoms with van der Waals surface area (Å²) in [6, 6.07) is 6.47. The Morgan fingerprint density at radius 1 is 1.37 bits per heavy atom. The van der Waals surface area contributed by atoms with Crippen molar-refractivity contribution in [1.29, 1.82) is 0 Å². The average molecular weight is 262 g/mol. The summed E-state index contributed by atoms with van der Waals surface area (Å²) in [5, 5.41) is 3.54. The van der Waals surface area contributed by atoms with Crippen LogP contribution in [0, 0.1) is 5.41 Å². The van der Waals surface area contributed by atoms with Crippen LogP contribution in [0.15, 0.2) is 18.2 Å². The largest absolute Gasteiger partial charge is 0.496 e. The van der Waals surface area contributed by atoms with Gasteiger partial charge < -0.3 is 15.8 Å². The maximum atomic E-state index is 5.80. The van der Waals surface area contributed by atoms with Crippen LogP contribution in [-0.4, -0.2) is 20.2 Å². The SMILES string of the molecule is COc1ccc(C(C)C)cc1CNCC1(CN)CC1. The molecule has 0 atom stereocenters. The molecule has 0 spiro atoms. The quantitative estimate of drug-likeness (QED) is 0.794. The van der Waals surface area contributed by atoms with Crippen molar-refractivity contribution in [3.05, 3.63) is 29.3 Å². The molecule has 106 valence electrons. The maximum Gasteiger partial charge on any atom is 0.123 e. The van der Waals surface area contributed by atoms with E-state index in [0.29, 0.717) is 11.3 Å². The number of rotatable bonds is 7. The van der Waals surface area contributed by atoms with Gasteiger partial charge in [0.1, 0.15) is 5.75 Å². The number of hydrogen-bond acceptors (Lipinski definition) is 3. The number of nitrogens with one attached hydrogen (secondary N) is 1. The van der Waals surface area contributed by atoms with Gasteiger partial charge in [-0.15, -0.1) is 0 Å². The van der Waals surface area contributed by atoms with E-state index < -0.39 is 0 Å². The van der Waals surface area contributed by atoms with E-state index in [1.165, 1.54) is 24.0 Å². The Bertz CT molecular complexity index is 425. The zero-order valence-corrected chi connectivity index (χ0v) is 12.3. The zero-order chi connectivity index (χ0) is 13.9. The van der Waals surface area contributed by atoms with Crippen LogP contribution >= 0.6 is 0 Å². The predicted molar refractivity (Wildman–Crippen MR) is 79.5 cm³/mol. The lowest BCUT2D eigenvalue weighted by molar-refractivity contribution is 0.404. The number of benzene rings is 1. The smallest absolute Gasteiger partial charge is 0.123 e. The molecule has 1 aliphatic rings. The summed E-state index contributed by atoms with van der Waals surface area (Å²) in [6.07, 6.45) is 2.53. The molecule has 3 nitrogen and oxygen atoms in total. The molecule has 0 aromatic heterocycles. The first-order valence-electron chi connectivity index (χ1n) is 7.18. The van der Waals surface area contributed by atoms with Gasteiger partial charge in [-0.1, -0.05) is 26.0 Å². The van der Waals surface area contributed by atoms with E-state index in [9.17, 15) is 0 Å². The molecule has 0 amide bonds. The third-order valence-electron chi connectivity index (χ3n) is 4.18. The highest BCUT2D eigenvalue weighted by Crippen LogP contribution is 2.43. The number of hydrogen-bond donors (Lipinski definition) is 2. The second kappa shape index (κ2) is 5.93. The molecule has 2 rings (SSSR count). The molecule has 0 saturated heterocycles. The minimum absolute atomic E-state index is 0.378. The van der Waals surface area contributed by atoms with Gasteiger partial charge in [0.05, 0.1) is 7.11 Å². The molecular formula is C16H26N2O. The Kier molecular flexibility index (Phi) is 4.48. The molecule has 0 heterocycles. The van der Waals surface area contributed by atoms with Gasteiger partial charge in [-0.2, -0.15) is 0 Å². The summed E-state index contributed by atoms with van der Waals surface area (Å²) in [5.74, 6) is 1.51. The van der Waals surface area contributed by atoms with E-state index in [2.05, 4.69) is 37.4 Å². The molecular weight excluding hydrogens is 236 g/mol. The standard InChI is InChI=1S/C16H26N2O/c1-12(2)13-4-5-15(19-3)14(8-13)9-18-11-16(10-17)6-7-16/h4-5,8,12,18H,6-7,9-11,17H2,1-3H3. The lowest BCUT2D eigenvalue weighted by Crippen LogP contribution is -2.29. The van der Waals surface area contributed by atoms with Crippen molar-refractivity contribution >= 4 is 0 Å². The Morgan fingerprint density at radius 2 is 2.11 bits per heavy atom. The van der Waals surface area contributed by atoms with Crippen LogP contribution in [0.4, 0.5) is 0 Å². The molecule has 1 aliphatic carbocycles. The van der Waals surface area contributed by atoms with Crippen molar-refractivity contribution < 1.29 is 4.74 Å². The summed E-state index contributed by atoms with van der Waals surface area (Å²) in [5.41, 5.74) is 8.78. The number of ether oxygens (including phenoxy) is 1. The molecule has 1 saturated carbocycles. The van der Waals surface area contributed by atoms with Gasteiger partial charge in [0, 0.05) is 18.7 Å². The highest BCUT2D eigenvalue weighted by Gasteiger charge is 2.40. The first kappa shape index (κ1) is 14.4. The summed E-state index contributed by atoms with van der Waals surface area (Å²) in [6.45, 7) is 7.09. The van der Waals surface area contributed by atoms with Crippen molar-refractivity contribution in [3.63, 3.8) is 0 Å². The summed E-state index contributed by atoms with van der Waals surface area (Å²) >= 11 is 0. The number of nitrogens with two attached hydrogens (primary N) is 1. The minimum Gasteiger partial charge on any atom is -0.496 e. The van der Waals surface area contributed by atoms with Gasteiger partial charge in [0.2, 0.25) is 0 Å². The lowest BCUT2D eigenvalue weighted by Gasteiger charge is -2.16. The molecule has 1 aromatic rings. The molecule has 19 heavy (non-hydrogen) atoms. The Labute approximate surface area is 116 Å². The van der Waals surface area contributed by atoms with Gasteiger partial charge in [0.15, 0.2) is 0 Å². The van der Waals surface area contributed by atoms with Crippen molar-refractivity contribution in [3.8, 4) is 5.75 Å². The average Bonchev–Trinajstić information content (AvgIpc) is 3.19. The van der Waals surface area contributed by atoms with Crippen molar-refractivity contribution in [2.24, 2.45) is 11.1 Å². The van der Waals surface area contributed by atoms with E-state index in [1.54, 1.807) is 7.11 Å². The second-order valence-corrected chi connectivity index (χ2v) is 6.03. The van der Waals surface area contributed by atoms with Gasteiger partial charge in [-0.3, -0.25) is 0 Å². The lowest BCUT2D eigenvalue weighted by atomic mass is 10.00. The van der Waals surface area contributed by atoms with Crippen LogP contribution in [-0.2, 0) is 6.54 Å². The third kappa shape index (κ3) is 3.48. The third-order valence-corrected chi connectivity index (χ3v) is 4.18. The van der Waals surface area contributed by atoms with Gasteiger partial charge in [-0.25, -0.2) is 0 Å². The van der Waals surface area contributed by atoms with Crippen LogP contribution in [0.5, 0.6) is 5.75 Å².